The van der Waals surface area contributed by atoms with Gasteiger partial charge in [0.25, 0.3) is 5.91 Å². The van der Waals surface area contributed by atoms with Crippen LogP contribution >= 0.6 is 0 Å². The molecule has 1 aliphatic carbocycles. The van der Waals surface area contributed by atoms with Gasteiger partial charge in [-0.2, -0.15) is 0 Å². The summed E-state index contributed by atoms with van der Waals surface area (Å²) in [5, 5.41) is 0. The first-order chi connectivity index (χ1) is 11.7. The number of likely N-dealkylation sites (tertiary alicyclic amines) is 1. The van der Waals surface area contributed by atoms with Crippen molar-refractivity contribution in [1.29, 1.82) is 0 Å². The van der Waals surface area contributed by atoms with Crippen LogP contribution in [0.5, 0.6) is 5.75 Å². The fourth-order valence-electron chi connectivity index (χ4n) is 3.86. The lowest BCUT2D eigenvalue weighted by atomic mass is 9.99. The van der Waals surface area contributed by atoms with Crippen molar-refractivity contribution >= 4 is 5.91 Å². The van der Waals surface area contributed by atoms with Crippen molar-refractivity contribution in [2.75, 3.05) is 13.1 Å². The van der Waals surface area contributed by atoms with E-state index in [1.807, 2.05) is 17.0 Å². The first-order valence-corrected chi connectivity index (χ1v) is 8.26. The number of amides is 1. The second kappa shape index (κ2) is 6.11. The Morgan fingerprint density at radius 2 is 2.12 bits per heavy atom. The van der Waals surface area contributed by atoms with Gasteiger partial charge < -0.3 is 14.6 Å². The molecule has 4 rings (SSSR count). The molecule has 2 aromatic rings. The van der Waals surface area contributed by atoms with E-state index in [-0.39, 0.29) is 17.6 Å². The van der Waals surface area contributed by atoms with E-state index in [1.165, 1.54) is 6.07 Å². The van der Waals surface area contributed by atoms with Gasteiger partial charge in [-0.25, -0.2) is 0 Å². The third-order valence-electron chi connectivity index (χ3n) is 5.00. The van der Waals surface area contributed by atoms with Gasteiger partial charge in [-0.3, -0.25) is 14.6 Å². The molecule has 0 unspecified atom stereocenters. The third-order valence-corrected chi connectivity index (χ3v) is 5.00. The fourth-order valence-corrected chi connectivity index (χ4v) is 3.86. The van der Waals surface area contributed by atoms with E-state index in [4.69, 9.17) is 4.74 Å². The predicted molar refractivity (Wildman–Crippen MR) is 87.8 cm³/mol. The van der Waals surface area contributed by atoms with Gasteiger partial charge in [-0.1, -0.05) is 6.07 Å². The Balaban J connectivity index is 1.46. The van der Waals surface area contributed by atoms with Crippen LogP contribution in [0.25, 0.3) is 0 Å². The first kappa shape index (κ1) is 14.9. The van der Waals surface area contributed by atoms with E-state index in [2.05, 4.69) is 9.97 Å². The fraction of sp³-hybridized carbons (Fsp3) is 0.389. The lowest BCUT2D eigenvalue weighted by molar-refractivity contribution is 0.0756. The van der Waals surface area contributed by atoms with Crippen molar-refractivity contribution in [3.05, 3.63) is 58.8 Å². The zero-order valence-corrected chi connectivity index (χ0v) is 13.2. The van der Waals surface area contributed by atoms with Gasteiger partial charge in [0.15, 0.2) is 0 Å². The molecule has 3 heterocycles. The monoisotopic (exact) mass is 325 g/mol. The maximum Gasteiger partial charge on any atom is 0.270 e. The van der Waals surface area contributed by atoms with Crippen LogP contribution < -0.4 is 10.3 Å². The van der Waals surface area contributed by atoms with E-state index in [0.717, 1.165) is 25.1 Å². The van der Waals surface area contributed by atoms with Gasteiger partial charge in [0.2, 0.25) is 5.56 Å². The average Bonchev–Trinajstić information content (AvgIpc) is 3.17. The van der Waals surface area contributed by atoms with Crippen LogP contribution in [0.2, 0.25) is 0 Å². The summed E-state index contributed by atoms with van der Waals surface area (Å²) >= 11 is 0. The van der Waals surface area contributed by atoms with E-state index in [1.54, 1.807) is 24.5 Å². The highest BCUT2D eigenvalue weighted by Gasteiger charge is 2.45. The van der Waals surface area contributed by atoms with E-state index in [9.17, 15) is 9.59 Å². The topological polar surface area (TPSA) is 75.3 Å². The van der Waals surface area contributed by atoms with Crippen LogP contribution in [0.3, 0.4) is 0 Å². The van der Waals surface area contributed by atoms with Gasteiger partial charge in [-0.15, -0.1) is 0 Å². The molecule has 0 spiro atoms. The SMILES string of the molecule is O=C(c1cccc(=O)[nH]1)N1C[C@H]2CC[C@@H](Oc3cccnc3)[C@H]2C1. The molecule has 2 fully saturated rings. The summed E-state index contributed by atoms with van der Waals surface area (Å²) in [5.74, 6) is 1.47. The molecule has 2 aliphatic rings. The van der Waals surface area contributed by atoms with Crippen LogP contribution in [0.1, 0.15) is 23.3 Å². The summed E-state index contributed by atoms with van der Waals surface area (Å²) in [6.07, 6.45) is 5.63. The number of rotatable bonds is 3. The van der Waals surface area contributed by atoms with Crippen molar-refractivity contribution in [2.24, 2.45) is 11.8 Å². The number of H-pyrrole nitrogens is 1. The Morgan fingerprint density at radius 1 is 1.21 bits per heavy atom. The van der Waals surface area contributed by atoms with Gasteiger partial charge >= 0.3 is 0 Å². The minimum atomic E-state index is -0.252. The molecule has 0 bridgehead atoms. The summed E-state index contributed by atoms with van der Waals surface area (Å²) in [6.45, 7) is 1.40. The first-order valence-electron chi connectivity index (χ1n) is 8.26. The summed E-state index contributed by atoms with van der Waals surface area (Å²) < 4.78 is 6.08. The average molecular weight is 325 g/mol. The quantitative estimate of drug-likeness (QED) is 0.932. The predicted octanol–water partition coefficient (Wildman–Crippen LogP) is 1.70. The molecule has 0 radical (unpaired) electrons. The van der Waals surface area contributed by atoms with E-state index >= 15 is 0 Å². The molecule has 24 heavy (non-hydrogen) atoms. The number of carbonyl (C=O) groups is 1. The second-order valence-corrected chi connectivity index (χ2v) is 6.49. The summed E-state index contributed by atoms with van der Waals surface area (Å²) in [6, 6.07) is 8.44. The van der Waals surface area contributed by atoms with Crippen LogP contribution in [0.15, 0.2) is 47.5 Å². The Labute approximate surface area is 139 Å². The highest BCUT2D eigenvalue weighted by molar-refractivity contribution is 5.92. The number of nitrogens with one attached hydrogen (secondary N) is 1. The minimum absolute atomic E-state index is 0.109. The van der Waals surface area contributed by atoms with Gasteiger partial charge in [0.1, 0.15) is 17.5 Å². The Bertz CT molecular complexity index is 789. The van der Waals surface area contributed by atoms with Crippen LogP contribution in [0.4, 0.5) is 0 Å². The maximum absolute atomic E-state index is 12.6. The summed E-state index contributed by atoms with van der Waals surface area (Å²) in [4.78, 5) is 32.5. The van der Waals surface area contributed by atoms with Gasteiger partial charge in [-0.05, 0) is 37.0 Å². The smallest absolute Gasteiger partial charge is 0.270 e. The zero-order chi connectivity index (χ0) is 16.5. The molecular formula is C18H19N3O3. The molecule has 0 aromatic carbocycles. The van der Waals surface area contributed by atoms with E-state index in [0.29, 0.717) is 24.1 Å². The molecule has 6 heteroatoms. The molecule has 1 saturated carbocycles. The number of carbonyl (C=O) groups excluding carboxylic acids is 1. The van der Waals surface area contributed by atoms with Crippen LogP contribution in [-0.4, -0.2) is 40.0 Å². The van der Waals surface area contributed by atoms with Crippen LogP contribution in [0, 0.1) is 11.8 Å². The lowest BCUT2D eigenvalue weighted by Gasteiger charge is -2.21. The highest BCUT2D eigenvalue weighted by Crippen LogP contribution is 2.40. The molecule has 1 aliphatic heterocycles. The lowest BCUT2D eigenvalue weighted by Crippen LogP contribution is -2.33. The van der Waals surface area contributed by atoms with Crippen molar-refractivity contribution in [1.82, 2.24) is 14.9 Å². The largest absolute Gasteiger partial charge is 0.488 e. The van der Waals surface area contributed by atoms with Crippen molar-refractivity contribution in [3.8, 4) is 5.75 Å². The molecular weight excluding hydrogens is 306 g/mol. The highest BCUT2D eigenvalue weighted by atomic mass is 16.5. The summed E-state index contributed by atoms with van der Waals surface area (Å²) in [7, 11) is 0. The number of ether oxygens (including phenoxy) is 1. The molecule has 3 atom stereocenters. The van der Waals surface area contributed by atoms with Crippen molar-refractivity contribution in [2.45, 2.75) is 18.9 Å². The Kier molecular flexibility index (Phi) is 3.80. The Hall–Kier alpha value is -2.63. The van der Waals surface area contributed by atoms with Crippen LogP contribution in [-0.2, 0) is 0 Å². The number of fused-ring (bicyclic) bond motifs is 1. The molecule has 1 amide bonds. The standard InChI is InChI=1S/C18H19N3O3/c22-17-5-1-4-15(20-17)18(23)21-10-12-6-7-16(14(12)11-21)24-13-3-2-8-19-9-13/h1-5,8-9,12,14,16H,6-7,10-11H2,(H,20,22)/t12-,14+,16-/m1/s1. The number of pyridine rings is 2. The number of hydrogen-bond acceptors (Lipinski definition) is 4. The number of aromatic amines is 1. The maximum atomic E-state index is 12.6. The molecule has 124 valence electrons. The zero-order valence-electron chi connectivity index (χ0n) is 13.2. The number of aromatic nitrogens is 2. The second-order valence-electron chi connectivity index (χ2n) is 6.49. The van der Waals surface area contributed by atoms with Crippen molar-refractivity contribution < 1.29 is 9.53 Å². The van der Waals surface area contributed by atoms with E-state index < -0.39 is 0 Å². The Morgan fingerprint density at radius 3 is 2.92 bits per heavy atom. The number of hydrogen-bond donors (Lipinski definition) is 1. The normalized spacial score (nSPS) is 25.5. The molecule has 6 nitrogen and oxygen atoms in total. The number of nitrogens with zero attached hydrogens (tertiary/aromatic N) is 2. The van der Waals surface area contributed by atoms with Gasteiger partial charge in [0.05, 0.1) is 6.20 Å². The van der Waals surface area contributed by atoms with Gasteiger partial charge in [0, 0.05) is 31.3 Å². The molecule has 1 saturated heterocycles. The van der Waals surface area contributed by atoms with Crippen molar-refractivity contribution in [3.63, 3.8) is 0 Å². The molecule has 1 N–H and O–H groups in total. The summed E-state index contributed by atoms with van der Waals surface area (Å²) in [5.41, 5.74) is 0.102. The molecule has 2 aromatic heterocycles. The third kappa shape index (κ3) is 2.79. The minimum Gasteiger partial charge on any atom is -0.488 e.